The van der Waals surface area contributed by atoms with Crippen molar-refractivity contribution in [3.8, 4) is 0 Å². The molecule has 0 saturated carbocycles. The second-order valence-corrected chi connectivity index (χ2v) is 9.41. The Labute approximate surface area is 150 Å². The van der Waals surface area contributed by atoms with Gasteiger partial charge in [-0.25, -0.2) is 25.5 Å². The number of hydrogen-bond acceptors (Lipinski definition) is 5. The Balaban J connectivity index is 1.90. The van der Waals surface area contributed by atoms with Crippen LogP contribution < -0.4 is 9.03 Å². The van der Waals surface area contributed by atoms with E-state index in [2.05, 4.69) is 4.72 Å². The Morgan fingerprint density at radius 2 is 1.73 bits per heavy atom. The number of benzene rings is 2. The fraction of sp³-hybridized carbons (Fsp3) is 0.188. The molecular weight excluding hydrogens is 383 g/mol. The number of hydrogen-bond donors (Lipinski definition) is 1. The second kappa shape index (κ2) is 6.36. The van der Waals surface area contributed by atoms with Gasteiger partial charge in [0.05, 0.1) is 27.9 Å². The molecule has 0 unspecified atom stereocenters. The van der Waals surface area contributed by atoms with Gasteiger partial charge in [-0.2, -0.15) is 0 Å². The molecule has 1 saturated heterocycles. The predicted molar refractivity (Wildman–Crippen MR) is 94.1 cm³/mol. The summed E-state index contributed by atoms with van der Waals surface area (Å²) in [6, 6.07) is 10.1. The van der Waals surface area contributed by atoms with Crippen LogP contribution >= 0.6 is 0 Å². The number of nitrogens with one attached hydrogen (secondary N) is 1. The highest BCUT2D eigenvalue weighted by atomic mass is 32.2. The average molecular weight is 398 g/mol. The summed E-state index contributed by atoms with van der Waals surface area (Å²) in [5, 5.41) is 0. The molecule has 3 rings (SSSR count). The molecule has 2 aromatic carbocycles. The maximum atomic E-state index is 13.6. The van der Waals surface area contributed by atoms with E-state index in [1.807, 2.05) is 0 Å². The number of para-hydroxylation sites is 1. The highest BCUT2D eigenvalue weighted by molar-refractivity contribution is 7.94. The highest BCUT2D eigenvalue weighted by Gasteiger charge is 2.41. The molecule has 26 heavy (non-hydrogen) atoms. The molecule has 2 aromatic rings. The minimum Gasteiger partial charge on any atom is -0.277 e. The SMILES string of the molecule is C[C@@H]1CS(=O)(=O)N(c2ccc(S(=O)(=O)Nc3ccccc3F)cc2)C1=O. The summed E-state index contributed by atoms with van der Waals surface area (Å²) < 4.78 is 65.3. The lowest BCUT2D eigenvalue weighted by Gasteiger charge is -2.16. The normalized spacial score (nSPS) is 19.5. The molecule has 7 nitrogen and oxygen atoms in total. The first-order chi connectivity index (χ1) is 12.1. The first-order valence-electron chi connectivity index (χ1n) is 7.56. The van der Waals surface area contributed by atoms with Crippen LogP contribution in [0.4, 0.5) is 15.8 Å². The Morgan fingerprint density at radius 3 is 2.27 bits per heavy atom. The Morgan fingerprint density at radius 1 is 1.12 bits per heavy atom. The van der Waals surface area contributed by atoms with Crippen LogP contribution in [-0.4, -0.2) is 28.5 Å². The van der Waals surface area contributed by atoms with Gasteiger partial charge in [0, 0.05) is 0 Å². The van der Waals surface area contributed by atoms with E-state index in [1.54, 1.807) is 0 Å². The number of amides is 1. The van der Waals surface area contributed by atoms with Gasteiger partial charge in [0.15, 0.2) is 0 Å². The van der Waals surface area contributed by atoms with Crippen molar-refractivity contribution in [2.24, 2.45) is 5.92 Å². The van der Waals surface area contributed by atoms with E-state index in [0.717, 1.165) is 18.2 Å². The number of nitrogens with zero attached hydrogens (tertiary/aromatic N) is 1. The van der Waals surface area contributed by atoms with E-state index < -0.39 is 37.7 Å². The molecular formula is C16H15FN2O5S2. The summed E-state index contributed by atoms with van der Waals surface area (Å²) in [6.07, 6.45) is 0. The van der Waals surface area contributed by atoms with Gasteiger partial charge in [-0.3, -0.25) is 9.52 Å². The summed E-state index contributed by atoms with van der Waals surface area (Å²) in [5.41, 5.74) is -0.146. The Bertz CT molecular complexity index is 1070. The van der Waals surface area contributed by atoms with Crippen LogP contribution in [0.3, 0.4) is 0 Å². The molecule has 0 bridgehead atoms. The second-order valence-electron chi connectivity index (χ2n) is 5.86. The molecule has 0 aromatic heterocycles. The topological polar surface area (TPSA) is 101 Å². The third-order valence-corrected chi connectivity index (χ3v) is 7.11. The lowest BCUT2D eigenvalue weighted by atomic mass is 10.2. The van der Waals surface area contributed by atoms with Gasteiger partial charge < -0.3 is 0 Å². The third-order valence-electron chi connectivity index (χ3n) is 3.86. The van der Waals surface area contributed by atoms with Gasteiger partial charge in [0.1, 0.15) is 5.82 Å². The smallest absolute Gasteiger partial charge is 0.261 e. The van der Waals surface area contributed by atoms with Crippen molar-refractivity contribution >= 4 is 37.3 Å². The van der Waals surface area contributed by atoms with Crippen molar-refractivity contribution in [3.63, 3.8) is 0 Å². The molecule has 1 aliphatic heterocycles. The zero-order chi connectivity index (χ0) is 19.1. The van der Waals surface area contributed by atoms with Gasteiger partial charge in [0.25, 0.3) is 10.0 Å². The minimum atomic E-state index is -4.07. The van der Waals surface area contributed by atoms with Crippen molar-refractivity contribution in [2.45, 2.75) is 11.8 Å². The van der Waals surface area contributed by atoms with Gasteiger partial charge in [-0.05, 0) is 36.4 Å². The van der Waals surface area contributed by atoms with E-state index >= 15 is 0 Å². The maximum absolute atomic E-state index is 13.6. The third kappa shape index (κ3) is 3.29. The standard InChI is InChI=1S/C16H15FN2O5S2/c1-11-10-25(21,22)19(16(11)20)12-6-8-13(9-7-12)26(23,24)18-15-5-3-2-4-14(15)17/h2-9,11,18H,10H2,1H3/t11-/m1/s1. The van der Waals surface area contributed by atoms with E-state index in [4.69, 9.17) is 0 Å². The van der Waals surface area contributed by atoms with Crippen LogP contribution in [0.2, 0.25) is 0 Å². The van der Waals surface area contributed by atoms with Crippen LogP contribution in [0, 0.1) is 11.7 Å². The Hall–Kier alpha value is -2.46. The monoisotopic (exact) mass is 398 g/mol. The van der Waals surface area contributed by atoms with E-state index in [-0.39, 0.29) is 22.0 Å². The quantitative estimate of drug-likeness (QED) is 0.848. The molecule has 1 N–H and O–H groups in total. The van der Waals surface area contributed by atoms with Crippen molar-refractivity contribution in [1.82, 2.24) is 0 Å². The van der Waals surface area contributed by atoms with E-state index in [0.29, 0.717) is 4.31 Å². The lowest BCUT2D eigenvalue weighted by Crippen LogP contribution is -2.30. The summed E-state index contributed by atoms with van der Waals surface area (Å²) >= 11 is 0. The van der Waals surface area contributed by atoms with Gasteiger partial charge in [-0.15, -0.1) is 0 Å². The molecule has 0 radical (unpaired) electrons. The largest absolute Gasteiger partial charge is 0.277 e. The summed E-state index contributed by atoms with van der Waals surface area (Å²) in [6.45, 7) is 1.51. The van der Waals surface area contributed by atoms with Crippen LogP contribution in [0.1, 0.15) is 6.92 Å². The minimum absolute atomic E-state index is 0.0594. The van der Waals surface area contributed by atoms with E-state index in [1.165, 1.54) is 37.3 Å². The number of carbonyl (C=O) groups excluding carboxylic acids is 1. The van der Waals surface area contributed by atoms with Gasteiger partial charge in [-0.1, -0.05) is 19.1 Å². The highest BCUT2D eigenvalue weighted by Crippen LogP contribution is 2.29. The predicted octanol–water partition coefficient (Wildman–Crippen LogP) is 1.94. The zero-order valence-corrected chi connectivity index (χ0v) is 15.2. The molecule has 0 spiro atoms. The molecule has 0 aliphatic carbocycles. The summed E-state index contributed by atoms with van der Waals surface area (Å²) in [5.74, 6) is -2.24. The van der Waals surface area contributed by atoms with Crippen LogP contribution in [0.5, 0.6) is 0 Å². The van der Waals surface area contributed by atoms with Crippen LogP contribution in [0.15, 0.2) is 53.4 Å². The van der Waals surface area contributed by atoms with E-state index in [9.17, 15) is 26.0 Å². The molecule has 10 heteroatoms. The average Bonchev–Trinajstić information content (AvgIpc) is 2.77. The molecule has 138 valence electrons. The number of rotatable bonds is 4. The summed E-state index contributed by atoms with van der Waals surface area (Å²) in [4.78, 5) is 11.9. The number of sulfonamides is 2. The van der Waals surface area contributed by atoms with Crippen molar-refractivity contribution in [3.05, 3.63) is 54.3 Å². The van der Waals surface area contributed by atoms with Gasteiger partial charge in [0.2, 0.25) is 15.9 Å². The van der Waals surface area contributed by atoms with Crippen LogP contribution in [0.25, 0.3) is 0 Å². The maximum Gasteiger partial charge on any atom is 0.261 e. The first kappa shape index (κ1) is 18.3. The number of carbonyl (C=O) groups is 1. The zero-order valence-electron chi connectivity index (χ0n) is 13.6. The van der Waals surface area contributed by atoms with Crippen molar-refractivity contribution in [2.75, 3.05) is 14.8 Å². The molecule has 1 amide bonds. The molecule has 1 heterocycles. The van der Waals surface area contributed by atoms with Crippen molar-refractivity contribution in [1.29, 1.82) is 0 Å². The molecule has 1 aliphatic rings. The number of anilines is 2. The first-order valence-corrected chi connectivity index (χ1v) is 10.7. The van der Waals surface area contributed by atoms with Gasteiger partial charge >= 0.3 is 0 Å². The van der Waals surface area contributed by atoms with Crippen LogP contribution in [-0.2, 0) is 24.8 Å². The lowest BCUT2D eigenvalue weighted by molar-refractivity contribution is -0.119. The Kier molecular flexibility index (Phi) is 4.49. The fourth-order valence-electron chi connectivity index (χ4n) is 2.60. The van der Waals surface area contributed by atoms with Crippen molar-refractivity contribution < 1.29 is 26.0 Å². The molecule has 1 atom stereocenters. The summed E-state index contributed by atoms with van der Waals surface area (Å²) in [7, 11) is -7.84. The molecule has 1 fully saturated rings. The number of halogens is 1. The fourth-order valence-corrected chi connectivity index (χ4v) is 5.48.